The molecule has 2 N–H and O–H groups in total. The van der Waals surface area contributed by atoms with Gasteiger partial charge in [-0.25, -0.2) is 0 Å². The molecular weight excluding hydrogens is 516 g/mol. The van der Waals surface area contributed by atoms with Gasteiger partial charge in [-0.2, -0.15) is 0 Å². The molecule has 0 aromatic heterocycles. The summed E-state index contributed by atoms with van der Waals surface area (Å²) >= 11 is 0. The Morgan fingerprint density at radius 2 is 1.80 bits per heavy atom. The second-order valence-corrected chi connectivity index (χ2v) is 10.1. The van der Waals surface area contributed by atoms with Crippen LogP contribution in [0.25, 0.3) is 5.76 Å². The number of benzene rings is 2. The number of likely N-dealkylation sites (tertiary alicyclic amines) is 1. The summed E-state index contributed by atoms with van der Waals surface area (Å²) in [4.78, 5) is 29.8. The molecule has 0 radical (unpaired) electrons. The highest BCUT2D eigenvalue weighted by Crippen LogP contribution is 2.43. The number of hydrogen-bond acceptors (Lipinski definition) is 8. The number of carbonyl (C=O) groups is 2. The summed E-state index contributed by atoms with van der Waals surface area (Å²) in [7, 11) is 1.56. The molecule has 5 rings (SSSR count). The molecule has 1 atom stereocenters. The van der Waals surface area contributed by atoms with E-state index in [1.54, 1.807) is 42.3 Å². The number of amides is 1. The third-order valence-corrected chi connectivity index (χ3v) is 7.52. The number of carbonyl (C=O) groups excluding carboxylic acids is 2. The largest absolute Gasteiger partial charge is 0.507 e. The van der Waals surface area contributed by atoms with E-state index < -0.39 is 17.7 Å². The molecule has 0 bridgehead atoms. The number of morpholine rings is 1. The molecule has 214 valence electrons. The van der Waals surface area contributed by atoms with Gasteiger partial charge in [0.25, 0.3) is 11.7 Å². The van der Waals surface area contributed by atoms with Gasteiger partial charge in [-0.1, -0.05) is 19.4 Å². The summed E-state index contributed by atoms with van der Waals surface area (Å²) in [5, 5.41) is 11.5. The highest BCUT2D eigenvalue weighted by Gasteiger charge is 2.46. The number of rotatable bonds is 10. The predicted octanol–water partition coefficient (Wildman–Crippen LogP) is 1.98. The van der Waals surface area contributed by atoms with E-state index in [2.05, 4.69) is 6.92 Å². The first-order valence-corrected chi connectivity index (χ1v) is 13.9. The molecule has 40 heavy (non-hydrogen) atoms. The number of methoxy groups -OCH3 is 1. The van der Waals surface area contributed by atoms with E-state index >= 15 is 0 Å². The molecule has 1 amide bonds. The highest BCUT2D eigenvalue weighted by molar-refractivity contribution is 6.46. The van der Waals surface area contributed by atoms with Crippen LogP contribution in [0.5, 0.6) is 23.0 Å². The van der Waals surface area contributed by atoms with Gasteiger partial charge in [-0.3, -0.25) is 9.59 Å². The van der Waals surface area contributed by atoms with Gasteiger partial charge in [0.15, 0.2) is 23.0 Å². The van der Waals surface area contributed by atoms with Gasteiger partial charge < -0.3 is 38.6 Å². The number of fused-ring (bicyclic) bond motifs is 1. The van der Waals surface area contributed by atoms with Crippen LogP contribution in [0, 0.1) is 0 Å². The van der Waals surface area contributed by atoms with Gasteiger partial charge in [-0.05, 0) is 42.3 Å². The second kappa shape index (κ2) is 12.6. The van der Waals surface area contributed by atoms with Crippen LogP contribution in [0.4, 0.5) is 0 Å². The number of aliphatic hydroxyl groups is 1. The van der Waals surface area contributed by atoms with E-state index in [4.69, 9.17) is 23.7 Å². The summed E-state index contributed by atoms with van der Waals surface area (Å²) in [6, 6.07) is 9.60. The molecule has 10 heteroatoms. The van der Waals surface area contributed by atoms with E-state index in [9.17, 15) is 14.7 Å². The molecule has 3 heterocycles. The van der Waals surface area contributed by atoms with Crippen LogP contribution in [-0.2, 0) is 14.3 Å². The summed E-state index contributed by atoms with van der Waals surface area (Å²) in [5.74, 6) is 0.502. The standard InChI is InChI=1S/C30H36N2O8/c1-3-4-13-38-22-7-5-20(18-24(22)36-2)27-26(28(33)21-6-8-23-25(19-21)40-17-16-39-23)29(34)30(35)32(27)10-9-31-11-14-37-15-12-31/h5-8,18-19,27,33H,3-4,9-17H2,1-2H3/p+1/t27-/m0/s1. The summed E-state index contributed by atoms with van der Waals surface area (Å²) < 4.78 is 28.3. The Hall–Kier alpha value is -3.76. The number of nitrogens with one attached hydrogen (secondary N) is 1. The summed E-state index contributed by atoms with van der Waals surface area (Å²) in [5.41, 5.74) is 1.05. The molecule has 2 aromatic rings. The third-order valence-electron chi connectivity index (χ3n) is 7.52. The quantitative estimate of drug-likeness (QED) is 0.199. The van der Waals surface area contributed by atoms with Gasteiger partial charge in [0.2, 0.25) is 0 Å². The monoisotopic (exact) mass is 553 g/mol. The van der Waals surface area contributed by atoms with Gasteiger partial charge >= 0.3 is 0 Å². The molecule has 2 saturated heterocycles. The zero-order chi connectivity index (χ0) is 28.1. The fourth-order valence-electron chi connectivity index (χ4n) is 5.29. The van der Waals surface area contributed by atoms with Crippen molar-refractivity contribution >= 4 is 17.4 Å². The van der Waals surface area contributed by atoms with Crippen molar-refractivity contribution in [2.75, 3.05) is 66.3 Å². The minimum atomic E-state index is -0.799. The SMILES string of the molecule is CCCCOc1ccc([C@H]2C(=C(O)c3ccc4c(c3)OCCO4)C(=O)C(=O)N2CC[NH+]2CCOCC2)cc1OC. The first kappa shape index (κ1) is 27.8. The minimum Gasteiger partial charge on any atom is -0.507 e. The smallest absolute Gasteiger partial charge is 0.295 e. The maximum absolute atomic E-state index is 13.5. The van der Waals surface area contributed by atoms with Crippen LogP contribution >= 0.6 is 0 Å². The number of hydrogen-bond donors (Lipinski definition) is 2. The number of aliphatic hydroxyl groups excluding tert-OH is 1. The van der Waals surface area contributed by atoms with Gasteiger partial charge in [0.05, 0.1) is 51.6 Å². The van der Waals surface area contributed by atoms with Crippen LogP contribution in [0.2, 0.25) is 0 Å². The molecule has 3 aliphatic rings. The number of unbranched alkanes of at least 4 members (excludes halogenated alkanes) is 1. The van der Waals surface area contributed by atoms with Crippen molar-refractivity contribution in [3.63, 3.8) is 0 Å². The molecule has 2 aromatic carbocycles. The van der Waals surface area contributed by atoms with Crippen LogP contribution in [0.15, 0.2) is 42.0 Å². The second-order valence-electron chi connectivity index (χ2n) is 10.1. The number of ketones is 1. The Balaban J connectivity index is 1.54. The third kappa shape index (κ3) is 5.73. The lowest BCUT2D eigenvalue weighted by Gasteiger charge is -2.29. The number of Topliss-reactive ketones (excluding diaryl/α,β-unsaturated/α-hetero) is 1. The lowest BCUT2D eigenvalue weighted by atomic mass is 9.94. The van der Waals surface area contributed by atoms with E-state index in [1.807, 2.05) is 6.07 Å². The molecule has 2 fully saturated rings. The normalized spacial score (nSPS) is 20.6. The van der Waals surface area contributed by atoms with E-state index in [0.29, 0.717) is 80.2 Å². The van der Waals surface area contributed by atoms with Crippen molar-refractivity contribution in [1.29, 1.82) is 0 Å². The maximum atomic E-state index is 13.5. The Morgan fingerprint density at radius 3 is 2.55 bits per heavy atom. The van der Waals surface area contributed by atoms with E-state index in [-0.39, 0.29) is 11.3 Å². The molecular formula is C30H37N2O8+. The van der Waals surface area contributed by atoms with Gasteiger partial charge in [0, 0.05) is 5.56 Å². The van der Waals surface area contributed by atoms with Crippen molar-refractivity contribution in [2.24, 2.45) is 0 Å². The van der Waals surface area contributed by atoms with E-state index in [1.165, 1.54) is 4.90 Å². The number of nitrogens with zero attached hydrogens (tertiary/aromatic N) is 1. The summed E-state index contributed by atoms with van der Waals surface area (Å²) in [6.45, 7) is 7.48. The zero-order valence-corrected chi connectivity index (χ0v) is 23.1. The molecule has 0 unspecified atom stereocenters. The zero-order valence-electron chi connectivity index (χ0n) is 23.1. The van der Waals surface area contributed by atoms with Crippen LogP contribution in [0.1, 0.15) is 36.9 Å². The summed E-state index contributed by atoms with van der Waals surface area (Å²) in [6.07, 6.45) is 1.91. The molecule has 10 nitrogen and oxygen atoms in total. The molecule has 0 spiro atoms. The van der Waals surface area contributed by atoms with Crippen LogP contribution < -0.4 is 23.8 Å². The van der Waals surface area contributed by atoms with Crippen molar-refractivity contribution in [3.8, 4) is 23.0 Å². The molecule has 0 aliphatic carbocycles. The number of quaternary nitrogens is 1. The lowest BCUT2D eigenvalue weighted by molar-refractivity contribution is -0.907. The van der Waals surface area contributed by atoms with E-state index in [0.717, 1.165) is 25.9 Å². The van der Waals surface area contributed by atoms with Gasteiger partial charge in [-0.15, -0.1) is 0 Å². The van der Waals surface area contributed by atoms with Crippen LogP contribution in [0.3, 0.4) is 0 Å². The van der Waals surface area contributed by atoms with Crippen molar-refractivity contribution < 1.29 is 43.3 Å². The Labute approximate surface area is 234 Å². The fourth-order valence-corrected chi connectivity index (χ4v) is 5.29. The lowest BCUT2D eigenvalue weighted by Crippen LogP contribution is -3.14. The first-order chi connectivity index (χ1) is 19.5. The van der Waals surface area contributed by atoms with Gasteiger partial charge in [0.1, 0.15) is 32.1 Å². The highest BCUT2D eigenvalue weighted by atomic mass is 16.6. The topological polar surface area (TPSA) is 108 Å². The minimum absolute atomic E-state index is 0.0281. The van der Waals surface area contributed by atoms with Crippen molar-refractivity contribution in [1.82, 2.24) is 4.90 Å². The fraction of sp³-hybridized carbons (Fsp3) is 0.467. The average Bonchev–Trinajstić information content (AvgIpc) is 3.25. The molecule has 0 saturated carbocycles. The maximum Gasteiger partial charge on any atom is 0.295 e. The van der Waals surface area contributed by atoms with Crippen molar-refractivity contribution in [2.45, 2.75) is 25.8 Å². The Bertz CT molecular complexity index is 1270. The Morgan fingerprint density at radius 1 is 1.02 bits per heavy atom. The molecule has 3 aliphatic heterocycles. The van der Waals surface area contributed by atoms with Crippen LogP contribution in [-0.4, -0.2) is 88.0 Å². The Kier molecular flexibility index (Phi) is 8.76. The first-order valence-electron chi connectivity index (χ1n) is 13.9. The number of ether oxygens (including phenoxy) is 5. The average molecular weight is 554 g/mol. The predicted molar refractivity (Wildman–Crippen MR) is 146 cm³/mol. The van der Waals surface area contributed by atoms with Crippen molar-refractivity contribution in [3.05, 3.63) is 53.1 Å².